The van der Waals surface area contributed by atoms with E-state index in [0.29, 0.717) is 6.61 Å². The van der Waals surface area contributed by atoms with E-state index in [9.17, 15) is 9.18 Å². The van der Waals surface area contributed by atoms with Crippen molar-refractivity contribution >= 4 is 5.91 Å². The lowest BCUT2D eigenvalue weighted by molar-refractivity contribution is -0.163. The molecular weight excluding hydrogens is 149 g/mol. The molecule has 62 valence electrons. The fourth-order valence-corrected chi connectivity index (χ4v) is 1.24. The molecule has 0 aromatic rings. The third-order valence-corrected chi connectivity index (χ3v) is 2.12. The maximum absolute atomic E-state index is 12.3. The molecule has 2 saturated heterocycles. The number of carbonyl (C=O) groups excluding carboxylic acids is 1. The van der Waals surface area contributed by atoms with Crippen LogP contribution in [0.2, 0.25) is 0 Å². The van der Waals surface area contributed by atoms with Crippen molar-refractivity contribution in [2.24, 2.45) is 0 Å². The summed E-state index contributed by atoms with van der Waals surface area (Å²) in [6.45, 7) is 1.20. The van der Waals surface area contributed by atoms with Gasteiger partial charge in [0.2, 0.25) is 0 Å². The van der Waals surface area contributed by atoms with Crippen molar-refractivity contribution in [1.29, 1.82) is 0 Å². The first kappa shape index (κ1) is 7.03. The second kappa shape index (κ2) is 2.44. The Balaban J connectivity index is 1.81. The Bertz CT molecular complexity index is 175. The lowest BCUT2D eigenvalue weighted by Crippen LogP contribution is -2.56. The molecule has 0 aromatic carbocycles. The van der Waals surface area contributed by atoms with Crippen LogP contribution in [0.4, 0.5) is 4.39 Å². The van der Waals surface area contributed by atoms with Gasteiger partial charge in [0.25, 0.3) is 5.91 Å². The summed E-state index contributed by atoms with van der Waals surface area (Å²) in [6, 6.07) is 0. The molecule has 2 rings (SSSR count). The highest BCUT2D eigenvalue weighted by Crippen LogP contribution is 2.19. The fourth-order valence-electron chi connectivity index (χ4n) is 1.24. The van der Waals surface area contributed by atoms with Crippen molar-refractivity contribution in [1.82, 2.24) is 4.90 Å². The van der Waals surface area contributed by atoms with Crippen molar-refractivity contribution in [2.45, 2.75) is 18.7 Å². The highest BCUT2D eigenvalue weighted by Gasteiger charge is 2.37. The lowest BCUT2D eigenvalue weighted by atomic mass is 10.1. The van der Waals surface area contributed by atoms with Crippen LogP contribution in [0.1, 0.15) is 6.42 Å². The zero-order chi connectivity index (χ0) is 7.84. The second-order valence-electron chi connectivity index (χ2n) is 2.99. The monoisotopic (exact) mass is 159 g/mol. The summed E-state index contributed by atoms with van der Waals surface area (Å²) in [5, 5.41) is 0. The highest BCUT2D eigenvalue weighted by molar-refractivity contribution is 5.82. The minimum Gasteiger partial charge on any atom is -0.368 e. The molecule has 1 amide bonds. The van der Waals surface area contributed by atoms with E-state index in [1.807, 2.05) is 0 Å². The molecule has 0 saturated carbocycles. The Morgan fingerprint density at radius 3 is 2.55 bits per heavy atom. The lowest BCUT2D eigenvalue weighted by Gasteiger charge is -2.38. The number of ether oxygens (including phenoxy) is 1. The van der Waals surface area contributed by atoms with E-state index < -0.39 is 6.17 Å². The number of amides is 1. The topological polar surface area (TPSA) is 29.5 Å². The zero-order valence-corrected chi connectivity index (χ0v) is 6.12. The van der Waals surface area contributed by atoms with Gasteiger partial charge in [-0.3, -0.25) is 4.79 Å². The number of carbonyl (C=O) groups is 1. The first-order valence-electron chi connectivity index (χ1n) is 3.82. The maximum atomic E-state index is 12.3. The van der Waals surface area contributed by atoms with Crippen LogP contribution in [0.5, 0.6) is 0 Å². The molecule has 2 aliphatic rings. The number of hydrogen-bond acceptors (Lipinski definition) is 2. The summed E-state index contributed by atoms with van der Waals surface area (Å²) >= 11 is 0. The molecule has 4 heteroatoms. The van der Waals surface area contributed by atoms with E-state index >= 15 is 0 Å². The minimum absolute atomic E-state index is 0.0369. The van der Waals surface area contributed by atoms with Crippen LogP contribution in [0.25, 0.3) is 0 Å². The van der Waals surface area contributed by atoms with Crippen LogP contribution in [0.3, 0.4) is 0 Å². The summed E-state index contributed by atoms with van der Waals surface area (Å²) in [7, 11) is 0. The first-order valence-corrected chi connectivity index (χ1v) is 3.82. The minimum atomic E-state index is -0.806. The highest BCUT2D eigenvalue weighted by atomic mass is 19.1. The average molecular weight is 159 g/mol. The predicted octanol–water partition coefficient (Wildman–Crippen LogP) is -0.0444. The van der Waals surface area contributed by atoms with Crippen LogP contribution in [0, 0.1) is 0 Å². The summed E-state index contributed by atoms with van der Waals surface area (Å²) in [6.07, 6.45) is -0.270. The quantitative estimate of drug-likeness (QED) is 0.537. The molecule has 0 bridgehead atoms. The number of rotatable bonds is 1. The number of nitrogens with zero attached hydrogens (tertiary/aromatic N) is 1. The van der Waals surface area contributed by atoms with Crippen molar-refractivity contribution in [3.8, 4) is 0 Å². The van der Waals surface area contributed by atoms with E-state index in [1.165, 1.54) is 4.90 Å². The smallest absolute Gasteiger partial charge is 0.251 e. The van der Waals surface area contributed by atoms with Crippen LogP contribution < -0.4 is 0 Å². The Hall–Kier alpha value is -0.640. The standard InChI is InChI=1S/C7H10FNO2/c8-5-3-9(4-5)7(10)6-1-2-11-6/h5-6H,1-4H2. The Morgan fingerprint density at radius 2 is 2.18 bits per heavy atom. The normalized spacial score (nSPS) is 31.0. The second-order valence-corrected chi connectivity index (χ2v) is 2.99. The Kier molecular flexibility index (Phi) is 1.56. The van der Waals surface area contributed by atoms with Gasteiger partial charge in [-0.2, -0.15) is 0 Å². The van der Waals surface area contributed by atoms with Crippen LogP contribution >= 0.6 is 0 Å². The molecule has 0 aromatic heterocycles. The number of halogens is 1. The van der Waals surface area contributed by atoms with Gasteiger partial charge >= 0.3 is 0 Å². The Labute approximate surface area is 64.1 Å². The molecule has 0 spiro atoms. The van der Waals surface area contributed by atoms with Crippen molar-refractivity contribution < 1.29 is 13.9 Å². The van der Waals surface area contributed by atoms with Gasteiger partial charge in [0.05, 0.1) is 19.7 Å². The summed E-state index contributed by atoms with van der Waals surface area (Å²) < 4.78 is 17.2. The maximum Gasteiger partial charge on any atom is 0.251 e. The van der Waals surface area contributed by atoms with Gasteiger partial charge in [-0.15, -0.1) is 0 Å². The van der Waals surface area contributed by atoms with Crippen LogP contribution in [0.15, 0.2) is 0 Å². The molecular formula is C7H10FNO2. The number of hydrogen-bond donors (Lipinski definition) is 0. The third-order valence-electron chi connectivity index (χ3n) is 2.12. The van der Waals surface area contributed by atoms with E-state index in [0.717, 1.165) is 6.42 Å². The molecule has 0 N–H and O–H groups in total. The summed E-state index contributed by atoms with van der Waals surface area (Å²) in [4.78, 5) is 12.7. The molecule has 1 atom stereocenters. The molecule has 2 fully saturated rings. The van der Waals surface area contributed by atoms with E-state index in [-0.39, 0.29) is 25.1 Å². The van der Waals surface area contributed by atoms with E-state index in [2.05, 4.69) is 0 Å². The van der Waals surface area contributed by atoms with Crippen molar-refractivity contribution in [2.75, 3.05) is 19.7 Å². The van der Waals surface area contributed by atoms with Gasteiger partial charge in [0.15, 0.2) is 0 Å². The largest absolute Gasteiger partial charge is 0.368 e. The molecule has 3 nitrogen and oxygen atoms in total. The zero-order valence-electron chi connectivity index (χ0n) is 6.12. The number of alkyl halides is 1. The SMILES string of the molecule is O=C(C1CCO1)N1CC(F)C1. The van der Waals surface area contributed by atoms with Gasteiger partial charge in [0.1, 0.15) is 12.3 Å². The van der Waals surface area contributed by atoms with Crippen LogP contribution in [-0.4, -0.2) is 42.8 Å². The molecule has 11 heavy (non-hydrogen) atoms. The van der Waals surface area contributed by atoms with Gasteiger partial charge < -0.3 is 9.64 Å². The van der Waals surface area contributed by atoms with E-state index in [4.69, 9.17) is 4.74 Å². The van der Waals surface area contributed by atoms with Gasteiger partial charge in [-0.05, 0) is 0 Å². The molecule has 0 radical (unpaired) electrons. The molecule has 2 aliphatic heterocycles. The fraction of sp³-hybridized carbons (Fsp3) is 0.857. The van der Waals surface area contributed by atoms with E-state index in [1.54, 1.807) is 0 Å². The van der Waals surface area contributed by atoms with Crippen molar-refractivity contribution in [3.63, 3.8) is 0 Å². The third kappa shape index (κ3) is 1.11. The van der Waals surface area contributed by atoms with Gasteiger partial charge in [0, 0.05) is 6.42 Å². The summed E-state index contributed by atoms with van der Waals surface area (Å²) in [5.74, 6) is -0.0369. The average Bonchev–Trinajstić information content (AvgIpc) is 1.76. The first-order chi connectivity index (χ1) is 5.27. The Morgan fingerprint density at radius 1 is 1.55 bits per heavy atom. The van der Waals surface area contributed by atoms with Crippen molar-refractivity contribution in [3.05, 3.63) is 0 Å². The van der Waals surface area contributed by atoms with Crippen LogP contribution in [-0.2, 0) is 9.53 Å². The number of likely N-dealkylation sites (tertiary alicyclic amines) is 1. The molecule has 1 unspecified atom stereocenters. The molecule has 2 heterocycles. The van der Waals surface area contributed by atoms with Gasteiger partial charge in [-0.1, -0.05) is 0 Å². The predicted molar refractivity (Wildman–Crippen MR) is 35.8 cm³/mol. The molecule has 0 aliphatic carbocycles. The van der Waals surface area contributed by atoms with Gasteiger partial charge in [-0.25, -0.2) is 4.39 Å². The summed E-state index contributed by atoms with van der Waals surface area (Å²) in [5.41, 5.74) is 0.